The van der Waals surface area contributed by atoms with Crippen molar-refractivity contribution in [3.8, 4) is 0 Å². The third kappa shape index (κ3) is 2.58. The number of aliphatic hydroxyl groups is 1. The maximum Gasteiger partial charge on any atom is 0.0851 e. The summed E-state index contributed by atoms with van der Waals surface area (Å²) in [7, 11) is 0. The van der Waals surface area contributed by atoms with Crippen molar-refractivity contribution in [3.05, 3.63) is 33.8 Å². The van der Waals surface area contributed by atoms with Crippen LogP contribution in [-0.2, 0) is 5.60 Å². The molecule has 1 aromatic carbocycles. The van der Waals surface area contributed by atoms with Gasteiger partial charge >= 0.3 is 0 Å². The molecule has 0 aliphatic rings. The Balaban J connectivity index is 3.15. The molecule has 0 amide bonds. The van der Waals surface area contributed by atoms with Gasteiger partial charge in [0.05, 0.1) is 5.60 Å². The van der Waals surface area contributed by atoms with E-state index in [9.17, 15) is 5.11 Å². The van der Waals surface area contributed by atoms with Gasteiger partial charge in [-0.05, 0) is 37.0 Å². The highest BCUT2D eigenvalue weighted by molar-refractivity contribution is 9.10. The van der Waals surface area contributed by atoms with E-state index < -0.39 is 5.60 Å². The summed E-state index contributed by atoms with van der Waals surface area (Å²) in [6, 6.07) is 6.14. The summed E-state index contributed by atoms with van der Waals surface area (Å²) >= 11 is 3.49. The van der Waals surface area contributed by atoms with Crippen molar-refractivity contribution in [2.45, 2.75) is 39.2 Å². The van der Waals surface area contributed by atoms with Crippen LogP contribution in [0.2, 0.25) is 0 Å². The standard InChI is InChI=1S/C12H17BrO/c1-8(2)9-5-6-10(11(13)7-9)12(3,4)14/h5-8,14H,1-4H3. The monoisotopic (exact) mass is 256 g/mol. The van der Waals surface area contributed by atoms with Gasteiger partial charge in [0.2, 0.25) is 0 Å². The average Bonchev–Trinajstić information content (AvgIpc) is 2.01. The average molecular weight is 257 g/mol. The van der Waals surface area contributed by atoms with E-state index in [0.717, 1.165) is 10.0 Å². The van der Waals surface area contributed by atoms with E-state index in [4.69, 9.17) is 0 Å². The number of hydrogen-bond acceptors (Lipinski definition) is 1. The minimum atomic E-state index is -0.783. The molecule has 1 rings (SSSR count). The predicted octanol–water partition coefficient (Wildman–Crippen LogP) is 3.80. The SMILES string of the molecule is CC(C)c1ccc(C(C)(C)O)c(Br)c1. The lowest BCUT2D eigenvalue weighted by atomic mass is 9.94. The Morgan fingerprint density at radius 3 is 2.21 bits per heavy atom. The van der Waals surface area contributed by atoms with Crippen LogP contribution in [0.15, 0.2) is 22.7 Å². The molecule has 0 fully saturated rings. The normalized spacial score (nSPS) is 12.2. The van der Waals surface area contributed by atoms with Gasteiger partial charge in [0, 0.05) is 4.47 Å². The van der Waals surface area contributed by atoms with Crippen LogP contribution < -0.4 is 0 Å². The molecule has 1 nitrogen and oxygen atoms in total. The summed E-state index contributed by atoms with van der Waals surface area (Å²) < 4.78 is 0.983. The largest absolute Gasteiger partial charge is 0.386 e. The molecule has 0 saturated carbocycles. The number of hydrogen-bond donors (Lipinski definition) is 1. The van der Waals surface area contributed by atoms with Crippen LogP contribution in [0, 0.1) is 0 Å². The van der Waals surface area contributed by atoms with Crippen LogP contribution >= 0.6 is 15.9 Å². The van der Waals surface area contributed by atoms with Crippen molar-refractivity contribution in [2.75, 3.05) is 0 Å². The van der Waals surface area contributed by atoms with Crippen LogP contribution in [0.3, 0.4) is 0 Å². The van der Waals surface area contributed by atoms with Gasteiger partial charge in [-0.2, -0.15) is 0 Å². The lowest BCUT2D eigenvalue weighted by Gasteiger charge is -2.20. The first-order valence-electron chi connectivity index (χ1n) is 4.84. The Hall–Kier alpha value is -0.340. The van der Waals surface area contributed by atoms with Crippen LogP contribution in [0.5, 0.6) is 0 Å². The van der Waals surface area contributed by atoms with Crippen molar-refractivity contribution >= 4 is 15.9 Å². The second-order valence-electron chi connectivity index (χ2n) is 4.45. The van der Waals surface area contributed by atoms with E-state index in [1.165, 1.54) is 5.56 Å². The summed E-state index contributed by atoms with van der Waals surface area (Å²) in [5.41, 5.74) is 1.43. The van der Waals surface area contributed by atoms with E-state index >= 15 is 0 Å². The molecule has 78 valence electrons. The Kier molecular flexibility index (Phi) is 3.38. The Bertz CT molecular complexity index is 324. The number of benzene rings is 1. The minimum Gasteiger partial charge on any atom is -0.386 e. The number of rotatable bonds is 2. The first-order valence-corrected chi connectivity index (χ1v) is 5.64. The highest BCUT2D eigenvalue weighted by Gasteiger charge is 2.19. The maximum absolute atomic E-state index is 9.87. The van der Waals surface area contributed by atoms with Crippen molar-refractivity contribution in [3.63, 3.8) is 0 Å². The third-order valence-corrected chi connectivity index (χ3v) is 2.98. The fourth-order valence-electron chi connectivity index (χ4n) is 1.39. The maximum atomic E-state index is 9.87. The molecule has 0 unspecified atom stereocenters. The van der Waals surface area contributed by atoms with Gasteiger partial charge < -0.3 is 5.11 Å². The highest BCUT2D eigenvalue weighted by atomic mass is 79.9. The van der Waals surface area contributed by atoms with Crippen LogP contribution in [0.1, 0.15) is 44.7 Å². The molecule has 0 spiro atoms. The van der Waals surface area contributed by atoms with E-state index in [1.807, 2.05) is 6.07 Å². The molecule has 14 heavy (non-hydrogen) atoms. The van der Waals surface area contributed by atoms with Gasteiger partial charge in [0.1, 0.15) is 0 Å². The zero-order valence-corrected chi connectivity index (χ0v) is 10.7. The molecule has 0 aliphatic heterocycles. The van der Waals surface area contributed by atoms with Crippen LogP contribution in [-0.4, -0.2) is 5.11 Å². The molecule has 0 bridgehead atoms. The second-order valence-corrected chi connectivity index (χ2v) is 5.31. The fourth-order valence-corrected chi connectivity index (χ4v) is 2.27. The van der Waals surface area contributed by atoms with Crippen LogP contribution in [0.4, 0.5) is 0 Å². The molecular formula is C12H17BrO. The zero-order chi connectivity index (χ0) is 10.9. The Morgan fingerprint density at radius 1 is 1.29 bits per heavy atom. The molecule has 0 aliphatic carbocycles. The molecule has 0 radical (unpaired) electrons. The second kappa shape index (κ2) is 4.03. The lowest BCUT2D eigenvalue weighted by molar-refractivity contribution is 0.0778. The topological polar surface area (TPSA) is 20.2 Å². The smallest absolute Gasteiger partial charge is 0.0851 e. The van der Waals surface area contributed by atoms with E-state index in [0.29, 0.717) is 5.92 Å². The van der Waals surface area contributed by atoms with Crippen molar-refractivity contribution in [1.82, 2.24) is 0 Å². The quantitative estimate of drug-likeness (QED) is 0.854. The lowest BCUT2D eigenvalue weighted by Crippen LogP contribution is -2.16. The van der Waals surface area contributed by atoms with Gasteiger partial charge in [-0.1, -0.05) is 41.9 Å². The molecule has 0 aromatic heterocycles. The molecule has 0 heterocycles. The Labute approximate surface area is 94.3 Å². The van der Waals surface area contributed by atoms with E-state index in [2.05, 4.69) is 41.9 Å². The summed E-state index contributed by atoms with van der Waals surface area (Å²) in [6.45, 7) is 7.90. The van der Waals surface area contributed by atoms with Crippen LogP contribution in [0.25, 0.3) is 0 Å². The molecule has 0 saturated heterocycles. The zero-order valence-electron chi connectivity index (χ0n) is 9.13. The summed E-state index contributed by atoms with van der Waals surface area (Å²) in [6.07, 6.45) is 0. The highest BCUT2D eigenvalue weighted by Crippen LogP contribution is 2.30. The summed E-state index contributed by atoms with van der Waals surface area (Å²) in [4.78, 5) is 0. The van der Waals surface area contributed by atoms with Gasteiger partial charge in [-0.3, -0.25) is 0 Å². The molecule has 1 aromatic rings. The molecule has 2 heteroatoms. The Morgan fingerprint density at radius 2 is 1.86 bits per heavy atom. The van der Waals surface area contributed by atoms with Crippen molar-refractivity contribution in [2.24, 2.45) is 0 Å². The summed E-state index contributed by atoms with van der Waals surface area (Å²) in [5.74, 6) is 0.516. The van der Waals surface area contributed by atoms with Crippen molar-refractivity contribution < 1.29 is 5.11 Å². The first-order chi connectivity index (χ1) is 6.32. The molecular weight excluding hydrogens is 240 g/mol. The first kappa shape index (κ1) is 11.7. The minimum absolute atomic E-state index is 0.516. The van der Waals surface area contributed by atoms with Gasteiger partial charge in [0.25, 0.3) is 0 Å². The number of halogens is 1. The molecule has 0 atom stereocenters. The molecule has 1 N–H and O–H groups in total. The summed E-state index contributed by atoms with van der Waals surface area (Å²) in [5, 5.41) is 9.87. The van der Waals surface area contributed by atoms with Crippen molar-refractivity contribution in [1.29, 1.82) is 0 Å². The fraction of sp³-hybridized carbons (Fsp3) is 0.500. The predicted molar refractivity (Wildman–Crippen MR) is 63.5 cm³/mol. The van der Waals surface area contributed by atoms with Gasteiger partial charge in [0.15, 0.2) is 0 Å². The van der Waals surface area contributed by atoms with Gasteiger partial charge in [-0.15, -0.1) is 0 Å². The van der Waals surface area contributed by atoms with E-state index in [-0.39, 0.29) is 0 Å². The third-order valence-electron chi connectivity index (χ3n) is 2.32. The van der Waals surface area contributed by atoms with Gasteiger partial charge in [-0.25, -0.2) is 0 Å². The van der Waals surface area contributed by atoms with E-state index in [1.54, 1.807) is 13.8 Å².